The molecule has 1 aliphatic heterocycles. The number of rotatable bonds is 4. The minimum atomic E-state index is 0.00215. The summed E-state index contributed by atoms with van der Waals surface area (Å²) >= 11 is 0. The summed E-state index contributed by atoms with van der Waals surface area (Å²) in [6.45, 7) is 5.54. The summed E-state index contributed by atoms with van der Waals surface area (Å²) in [6, 6.07) is 7.47. The molecule has 1 aromatic carbocycles. The Balaban J connectivity index is 1.72. The van der Waals surface area contributed by atoms with Crippen LogP contribution in [0.5, 0.6) is 0 Å². The van der Waals surface area contributed by atoms with Crippen LogP contribution in [0, 0.1) is 18.8 Å². The zero-order valence-electron chi connectivity index (χ0n) is 12.1. The number of carbonyl (C=O) groups is 1. The zero-order chi connectivity index (χ0) is 14.8. The highest BCUT2D eigenvalue weighted by atomic mass is 16.5. The minimum absolute atomic E-state index is 0.00215. The molecule has 6 heteroatoms. The average Bonchev–Trinajstić information content (AvgIpc) is 2.84. The molecule has 1 atom stereocenters. The maximum atomic E-state index is 12.2. The van der Waals surface area contributed by atoms with Gasteiger partial charge in [0.2, 0.25) is 17.6 Å². The fraction of sp³-hybridized carbons (Fsp3) is 0.400. The van der Waals surface area contributed by atoms with Crippen molar-refractivity contribution in [3.63, 3.8) is 0 Å². The number of nitrogens with zero attached hydrogens (tertiary/aromatic N) is 2. The monoisotopic (exact) mass is 286 g/mol. The first-order valence-corrected chi connectivity index (χ1v) is 7.06. The van der Waals surface area contributed by atoms with Crippen LogP contribution in [0.3, 0.4) is 0 Å². The van der Waals surface area contributed by atoms with E-state index in [2.05, 4.69) is 20.8 Å². The zero-order valence-corrected chi connectivity index (χ0v) is 12.1. The average molecular weight is 286 g/mol. The van der Waals surface area contributed by atoms with Gasteiger partial charge in [0.25, 0.3) is 0 Å². The summed E-state index contributed by atoms with van der Waals surface area (Å²) < 4.78 is 4.98. The molecule has 0 radical (unpaired) electrons. The molecule has 1 aliphatic rings. The lowest BCUT2D eigenvalue weighted by Gasteiger charge is -2.31. The van der Waals surface area contributed by atoms with Gasteiger partial charge >= 0.3 is 0 Å². The van der Waals surface area contributed by atoms with E-state index in [0.29, 0.717) is 17.6 Å². The molecule has 110 valence electrons. The predicted octanol–water partition coefficient (Wildman–Crippen LogP) is 1.84. The van der Waals surface area contributed by atoms with Crippen molar-refractivity contribution in [1.29, 1.82) is 0 Å². The Morgan fingerprint density at radius 2 is 2.29 bits per heavy atom. The van der Waals surface area contributed by atoms with Gasteiger partial charge < -0.3 is 15.2 Å². The van der Waals surface area contributed by atoms with Crippen LogP contribution in [0.2, 0.25) is 0 Å². The fourth-order valence-electron chi connectivity index (χ4n) is 2.29. The van der Waals surface area contributed by atoms with Gasteiger partial charge in [0, 0.05) is 24.1 Å². The van der Waals surface area contributed by atoms with E-state index in [1.807, 2.05) is 31.2 Å². The maximum Gasteiger partial charge on any atom is 0.227 e. The first-order valence-electron chi connectivity index (χ1n) is 7.06. The molecule has 3 rings (SSSR count). The van der Waals surface area contributed by atoms with Gasteiger partial charge in [0.05, 0.1) is 0 Å². The highest BCUT2D eigenvalue weighted by Gasteiger charge is 2.28. The van der Waals surface area contributed by atoms with Crippen LogP contribution in [-0.2, 0) is 4.79 Å². The first-order chi connectivity index (χ1) is 10.1. The molecule has 2 aromatic rings. The molecule has 0 spiro atoms. The Morgan fingerprint density at radius 1 is 1.48 bits per heavy atom. The second-order valence-electron chi connectivity index (χ2n) is 5.41. The van der Waals surface area contributed by atoms with Gasteiger partial charge in [0.15, 0.2) is 0 Å². The Morgan fingerprint density at radius 3 is 2.90 bits per heavy atom. The molecule has 1 saturated heterocycles. The molecular formula is C15H18N4O2. The third-order valence-corrected chi connectivity index (χ3v) is 3.85. The molecule has 0 saturated carbocycles. The molecule has 6 nitrogen and oxygen atoms in total. The summed E-state index contributed by atoms with van der Waals surface area (Å²) in [6.07, 6.45) is 0. The van der Waals surface area contributed by atoms with Crippen LogP contribution < -0.4 is 10.6 Å². The van der Waals surface area contributed by atoms with Gasteiger partial charge in [-0.1, -0.05) is 24.2 Å². The van der Waals surface area contributed by atoms with Crippen LogP contribution in [0.25, 0.3) is 11.4 Å². The Labute approximate surface area is 122 Å². The van der Waals surface area contributed by atoms with Crippen molar-refractivity contribution in [1.82, 2.24) is 15.5 Å². The number of carbonyl (C=O) groups excluding carboxylic acids is 1. The summed E-state index contributed by atoms with van der Waals surface area (Å²) in [7, 11) is 0. The van der Waals surface area contributed by atoms with E-state index in [-0.39, 0.29) is 11.8 Å². The second kappa shape index (κ2) is 5.65. The number of hydrogen-bond donors (Lipinski definition) is 2. The molecule has 2 heterocycles. The molecule has 2 N–H and O–H groups in total. The van der Waals surface area contributed by atoms with E-state index in [9.17, 15) is 4.79 Å². The topological polar surface area (TPSA) is 80.0 Å². The number of hydrogen-bond acceptors (Lipinski definition) is 5. The number of benzene rings is 1. The van der Waals surface area contributed by atoms with Gasteiger partial charge in [-0.2, -0.15) is 4.98 Å². The van der Waals surface area contributed by atoms with E-state index in [4.69, 9.17) is 4.52 Å². The lowest BCUT2D eigenvalue weighted by molar-refractivity contribution is -0.121. The molecule has 21 heavy (non-hydrogen) atoms. The van der Waals surface area contributed by atoms with E-state index < -0.39 is 0 Å². The third kappa shape index (κ3) is 2.95. The highest BCUT2D eigenvalue weighted by Crippen LogP contribution is 2.22. The van der Waals surface area contributed by atoms with Crippen LogP contribution in [-0.4, -0.2) is 29.1 Å². The molecular weight excluding hydrogens is 268 g/mol. The Hall–Kier alpha value is -2.21. The number of anilines is 1. The largest absolute Gasteiger partial charge is 0.339 e. The van der Waals surface area contributed by atoms with Gasteiger partial charge in [0.1, 0.15) is 0 Å². The summed E-state index contributed by atoms with van der Waals surface area (Å²) in [5.74, 6) is 1.52. The molecule has 0 aliphatic carbocycles. The Bertz CT molecular complexity index is 649. The summed E-state index contributed by atoms with van der Waals surface area (Å²) in [4.78, 5) is 16.4. The fourth-order valence-corrected chi connectivity index (χ4v) is 2.29. The number of aryl methyl sites for hydroxylation is 1. The van der Waals surface area contributed by atoms with E-state index >= 15 is 0 Å². The quantitative estimate of drug-likeness (QED) is 0.896. The van der Waals surface area contributed by atoms with Gasteiger partial charge in [-0.3, -0.25) is 4.79 Å². The molecule has 1 unspecified atom stereocenters. The van der Waals surface area contributed by atoms with Crippen molar-refractivity contribution >= 4 is 11.6 Å². The van der Waals surface area contributed by atoms with Crippen molar-refractivity contribution in [3.8, 4) is 11.4 Å². The van der Waals surface area contributed by atoms with Crippen molar-refractivity contribution in [3.05, 3.63) is 30.2 Å². The number of nitrogens with one attached hydrogen (secondary N) is 2. The normalized spacial score (nSPS) is 16.3. The first kappa shape index (κ1) is 13.8. The standard InChI is InChI=1S/C15H18N4O2/c1-9(12-7-16-8-12)15(20)18-13-5-3-4-11(6-13)14-17-10(2)21-19-14/h3-6,9,12,16H,7-8H2,1-2H3,(H,18,20). The van der Waals surface area contributed by atoms with Crippen LogP contribution >= 0.6 is 0 Å². The van der Waals surface area contributed by atoms with Gasteiger partial charge in [-0.15, -0.1) is 0 Å². The van der Waals surface area contributed by atoms with E-state index in [1.165, 1.54) is 0 Å². The molecule has 1 fully saturated rings. The third-order valence-electron chi connectivity index (χ3n) is 3.85. The lowest BCUT2D eigenvalue weighted by Crippen LogP contribution is -2.48. The van der Waals surface area contributed by atoms with Gasteiger partial charge in [-0.25, -0.2) is 0 Å². The predicted molar refractivity (Wildman–Crippen MR) is 78.6 cm³/mol. The van der Waals surface area contributed by atoms with Crippen LogP contribution in [0.15, 0.2) is 28.8 Å². The van der Waals surface area contributed by atoms with E-state index in [0.717, 1.165) is 24.3 Å². The highest BCUT2D eigenvalue weighted by molar-refractivity contribution is 5.93. The maximum absolute atomic E-state index is 12.2. The van der Waals surface area contributed by atoms with Crippen molar-refractivity contribution in [2.45, 2.75) is 13.8 Å². The smallest absolute Gasteiger partial charge is 0.227 e. The number of amides is 1. The Kier molecular flexibility index (Phi) is 3.70. The van der Waals surface area contributed by atoms with Crippen molar-refractivity contribution in [2.24, 2.45) is 11.8 Å². The minimum Gasteiger partial charge on any atom is -0.339 e. The molecule has 1 aromatic heterocycles. The summed E-state index contributed by atoms with van der Waals surface area (Å²) in [5.41, 5.74) is 1.57. The van der Waals surface area contributed by atoms with Gasteiger partial charge in [-0.05, 0) is 31.1 Å². The van der Waals surface area contributed by atoms with E-state index in [1.54, 1.807) is 6.92 Å². The van der Waals surface area contributed by atoms with Crippen molar-refractivity contribution in [2.75, 3.05) is 18.4 Å². The SMILES string of the molecule is Cc1nc(-c2cccc(NC(=O)C(C)C3CNC3)c2)no1. The number of aromatic nitrogens is 2. The summed E-state index contributed by atoms with van der Waals surface area (Å²) in [5, 5.41) is 10.0. The second-order valence-corrected chi connectivity index (χ2v) is 5.41. The lowest BCUT2D eigenvalue weighted by atomic mass is 9.88. The van der Waals surface area contributed by atoms with Crippen LogP contribution in [0.4, 0.5) is 5.69 Å². The molecule has 0 bridgehead atoms. The molecule has 1 amide bonds. The van der Waals surface area contributed by atoms with Crippen LogP contribution in [0.1, 0.15) is 12.8 Å². The van der Waals surface area contributed by atoms with Crippen molar-refractivity contribution < 1.29 is 9.32 Å².